The molecule has 2 aromatic rings. The molecule has 106 valence electrons. The number of nitrogens with two attached hydrogens (primary N) is 1. The molecule has 0 aliphatic carbocycles. The van der Waals surface area contributed by atoms with Crippen molar-refractivity contribution < 1.29 is 4.74 Å². The number of anilines is 1. The Morgan fingerprint density at radius 1 is 0.900 bits per heavy atom. The maximum Gasteiger partial charge on any atom is 0.150 e. The molecule has 0 unspecified atom stereocenters. The maximum absolute atomic E-state index is 5.96. The number of nitrogen functional groups attached to an aromatic ring is 1. The smallest absolute Gasteiger partial charge is 0.150 e. The van der Waals surface area contributed by atoms with E-state index in [0.717, 1.165) is 22.6 Å². The van der Waals surface area contributed by atoms with Crippen molar-refractivity contribution in [3.8, 4) is 11.5 Å². The standard InChI is InChI=1S/C18H23NO/c1-12-6-8-15(19)17(10-12)20-16-9-7-14(11-13(16)2)18(3,4)5/h6-11H,19H2,1-5H3. The molecule has 0 radical (unpaired) electrons. The van der Waals surface area contributed by atoms with Gasteiger partial charge in [0.1, 0.15) is 5.75 Å². The van der Waals surface area contributed by atoms with Crippen molar-refractivity contribution in [2.45, 2.75) is 40.0 Å². The third kappa shape index (κ3) is 3.13. The van der Waals surface area contributed by atoms with E-state index in [4.69, 9.17) is 10.5 Å². The minimum absolute atomic E-state index is 0.144. The van der Waals surface area contributed by atoms with Gasteiger partial charge in [-0.3, -0.25) is 0 Å². The van der Waals surface area contributed by atoms with Gasteiger partial charge in [0.2, 0.25) is 0 Å². The van der Waals surface area contributed by atoms with E-state index in [2.05, 4.69) is 39.8 Å². The predicted molar refractivity (Wildman–Crippen MR) is 85.5 cm³/mol. The molecule has 0 atom stereocenters. The van der Waals surface area contributed by atoms with Gasteiger partial charge in [-0.25, -0.2) is 0 Å². The number of ether oxygens (including phenoxy) is 1. The Balaban J connectivity index is 2.33. The van der Waals surface area contributed by atoms with Crippen LogP contribution in [0.5, 0.6) is 11.5 Å². The van der Waals surface area contributed by atoms with Crippen molar-refractivity contribution in [2.75, 3.05) is 5.73 Å². The molecule has 0 fully saturated rings. The van der Waals surface area contributed by atoms with Crippen LogP contribution in [0.1, 0.15) is 37.5 Å². The maximum atomic E-state index is 5.96. The highest BCUT2D eigenvalue weighted by molar-refractivity contribution is 5.56. The minimum atomic E-state index is 0.144. The van der Waals surface area contributed by atoms with Gasteiger partial charge in [0.15, 0.2) is 5.75 Å². The lowest BCUT2D eigenvalue weighted by molar-refractivity contribution is 0.479. The van der Waals surface area contributed by atoms with Crippen molar-refractivity contribution in [1.29, 1.82) is 0 Å². The van der Waals surface area contributed by atoms with E-state index in [-0.39, 0.29) is 5.41 Å². The number of aryl methyl sites for hydroxylation is 2. The van der Waals surface area contributed by atoms with E-state index in [9.17, 15) is 0 Å². The van der Waals surface area contributed by atoms with Gasteiger partial charge in [-0.1, -0.05) is 39.0 Å². The molecule has 2 aromatic carbocycles. The van der Waals surface area contributed by atoms with Crippen LogP contribution in [0, 0.1) is 13.8 Å². The molecular formula is C18H23NO. The third-order valence-corrected chi connectivity index (χ3v) is 3.43. The zero-order valence-corrected chi connectivity index (χ0v) is 12.9. The summed E-state index contributed by atoms with van der Waals surface area (Å²) in [5.41, 5.74) is 10.3. The van der Waals surface area contributed by atoms with Crippen LogP contribution in [-0.4, -0.2) is 0 Å². The molecule has 0 spiro atoms. The van der Waals surface area contributed by atoms with E-state index in [1.165, 1.54) is 5.56 Å². The summed E-state index contributed by atoms with van der Waals surface area (Å²) in [6.07, 6.45) is 0. The Kier molecular flexibility index (Phi) is 3.76. The summed E-state index contributed by atoms with van der Waals surface area (Å²) in [6, 6.07) is 12.2. The molecule has 0 aliphatic heterocycles. The van der Waals surface area contributed by atoms with Gasteiger partial charge < -0.3 is 10.5 Å². The summed E-state index contributed by atoms with van der Waals surface area (Å²) in [6.45, 7) is 10.7. The van der Waals surface area contributed by atoms with Crippen LogP contribution in [0.2, 0.25) is 0 Å². The lowest BCUT2D eigenvalue weighted by Crippen LogP contribution is -2.11. The van der Waals surface area contributed by atoms with E-state index in [1.807, 2.05) is 31.2 Å². The Morgan fingerprint density at radius 2 is 1.60 bits per heavy atom. The normalized spacial score (nSPS) is 11.4. The summed E-state index contributed by atoms with van der Waals surface area (Å²) >= 11 is 0. The second-order valence-electron chi connectivity index (χ2n) is 6.37. The molecule has 2 rings (SSSR count). The van der Waals surface area contributed by atoms with Crippen LogP contribution in [0.25, 0.3) is 0 Å². The average molecular weight is 269 g/mol. The quantitative estimate of drug-likeness (QED) is 0.781. The van der Waals surface area contributed by atoms with Crippen LogP contribution in [0.4, 0.5) is 5.69 Å². The fourth-order valence-corrected chi connectivity index (χ4v) is 2.08. The summed E-state index contributed by atoms with van der Waals surface area (Å²) < 4.78 is 5.96. The van der Waals surface area contributed by atoms with Crippen LogP contribution >= 0.6 is 0 Å². The van der Waals surface area contributed by atoms with Gasteiger partial charge in [0.05, 0.1) is 5.69 Å². The third-order valence-electron chi connectivity index (χ3n) is 3.43. The largest absolute Gasteiger partial charge is 0.455 e. The van der Waals surface area contributed by atoms with Crippen molar-refractivity contribution in [1.82, 2.24) is 0 Å². The zero-order valence-electron chi connectivity index (χ0n) is 12.9. The minimum Gasteiger partial charge on any atom is -0.455 e. The van der Waals surface area contributed by atoms with Crippen LogP contribution < -0.4 is 10.5 Å². The van der Waals surface area contributed by atoms with E-state index in [1.54, 1.807) is 0 Å². The first-order valence-electron chi connectivity index (χ1n) is 6.92. The number of hydrogen-bond acceptors (Lipinski definition) is 2. The van der Waals surface area contributed by atoms with Gasteiger partial charge in [-0.05, 0) is 54.2 Å². The van der Waals surface area contributed by atoms with Crippen molar-refractivity contribution in [3.05, 3.63) is 53.1 Å². The molecule has 2 heteroatoms. The lowest BCUT2D eigenvalue weighted by Gasteiger charge is -2.20. The lowest BCUT2D eigenvalue weighted by atomic mass is 9.86. The summed E-state index contributed by atoms with van der Waals surface area (Å²) in [7, 11) is 0. The first kappa shape index (κ1) is 14.4. The molecular weight excluding hydrogens is 246 g/mol. The van der Waals surface area contributed by atoms with Gasteiger partial charge in [0.25, 0.3) is 0 Å². The SMILES string of the molecule is Cc1ccc(N)c(Oc2ccc(C(C)(C)C)cc2C)c1. The molecule has 2 N–H and O–H groups in total. The highest BCUT2D eigenvalue weighted by atomic mass is 16.5. The molecule has 0 aliphatic rings. The molecule has 0 heterocycles. The van der Waals surface area contributed by atoms with Crippen LogP contribution in [0.3, 0.4) is 0 Å². The summed E-state index contributed by atoms with van der Waals surface area (Å²) in [5, 5.41) is 0. The topological polar surface area (TPSA) is 35.2 Å². The first-order chi connectivity index (χ1) is 9.27. The Hall–Kier alpha value is -1.96. The fourth-order valence-electron chi connectivity index (χ4n) is 2.08. The molecule has 20 heavy (non-hydrogen) atoms. The van der Waals surface area contributed by atoms with Gasteiger partial charge in [-0.2, -0.15) is 0 Å². The van der Waals surface area contributed by atoms with Gasteiger partial charge in [-0.15, -0.1) is 0 Å². The molecule has 0 saturated carbocycles. The predicted octanol–water partition coefficient (Wildman–Crippen LogP) is 4.98. The van der Waals surface area contributed by atoms with E-state index < -0.39 is 0 Å². The second kappa shape index (κ2) is 5.20. The average Bonchev–Trinajstić information content (AvgIpc) is 2.35. The van der Waals surface area contributed by atoms with Crippen molar-refractivity contribution in [3.63, 3.8) is 0 Å². The summed E-state index contributed by atoms with van der Waals surface area (Å²) in [5.74, 6) is 1.58. The highest BCUT2D eigenvalue weighted by Gasteiger charge is 2.15. The van der Waals surface area contributed by atoms with Crippen molar-refractivity contribution in [2.24, 2.45) is 0 Å². The van der Waals surface area contributed by atoms with Gasteiger partial charge >= 0.3 is 0 Å². The molecule has 0 amide bonds. The Bertz CT molecular complexity index is 624. The Morgan fingerprint density at radius 3 is 2.20 bits per heavy atom. The van der Waals surface area contributed by atoms with E-state index >= 15 is 0 Å². The molecule has 0 aromatic heterocycles. The monoisotopic (exact) mass is 269 g/mol. The first-order valence-corrected chi connectivity index (χ1v) is 6.92. The zero-order chi connectivity index (χ0) is 14.9. The fraction of sp³-hybridized carbons (Fsp3) is 0.333. The molecule has 0 saturated heterocycles. The number of benzene rings is 2. The number of rotatable bonds is 2. The molecule has 2 nitrogen and oxygen atoms in total. The van der Waals surface area contributed by atoms with E-state index in [0.29, 0.717) is 5.69 Å². The second-order valence-corrected chi connectivity index (χ2v) is 6.37. The van der Waals surface area contributed by atoms with Crippen molar-refractivity contribution >= 4 is 5.69 Å². The molecule has 0 bridgehead atoms. The van der Waals surface area contributed by atoms with Crippen LogP contribution in [-0.2, 0) is 5.41 Å². The summed E-state index contributed by atoms with van der Waals surface area (Å²) in [4.78, 5) is 0. The number of hydrogen-bond donors (Lipinski definition) is 1. The highest BCUT2D eigenvalue weighted by Crippen LogP contribution is 2.33. The van der Waals surface area contributed by atoms with Gasteiger partial charge in [0, 0.05) is 0 Å². The Labute approximate surface area is 121 Å². The van der Waals surface area contributed by atoms with Crippen LogP contribution in [0.15, 0.2) is 36.4 Å².